The summed E-state index contributed by atoms with van der Waals surface area (Å²) in [5.74, 6) is 0. The van der Waals surface area contributed by atoms with Crippen LogP contribution in [0, 0.1) is 0 Å². The summed E-state index contributed by atoms with van der Waals surface area (Å²) in [6.07, 6.45) is 3.56. The fourth-order valence-corrected chi connectivity index (χ4v) is 2.34. The Balaban J connectivity index is 2.09. The zero-order chi connectivity index (χ0) is 13.8. The molecule has 5 heteroatoms. The highest BCUT2D eigenvalue weighted by Crippen LogP contribution is 2.06. The molecule has 0 aliphatic carbocycles. The van der Waals surface area contributed by atoms with Gasteiger partial charge in [-0.1, -0.05) is 0 Å². The first-order chi connectivity index (χ1) is 9.36. The molecule has 0 bridgehead atoms. The lowest BCUT2D eigenvalue weighted by Gasteiger charge is -2.25. The van der Waals surface area contributed by atoms with Crippen LogP contribution in [0.5, 0.6) is 0 Å². The minimum Gasteiger partial charge on any atom is -0.385 e. The molecule has 1 rings (SSSR count). The summed E-state index contributed by atoms with van der Waals surface area (Å²) in [6.45, 7) is 7.37. The summed E-state index contributed by atoms with van der Waals surface area (Å²) in [5.41, 5.74) is 0. The summed E-state index contributed by atoms with van der Waals surface area (Å²) in [7, 11) is 3.48. The van der Waals surface area contributed by atoms with Crippen LogP contribution in [0.3, 0.4) is 0 Å². The first-order valence-corrected chi connectivity index (χ1v) is 7.38. The van der Waals surface area contributed by atoms with E-state index in [0.29, 0.717) is 6.04 Å². The lowest BCUT2D eigenvalue weighted by atomic mass is 10.2. The van der Waals surface area contributed by atoms with Crippen LogP contribution >= 0.6 is 0 Å². The van der Waals surface area contributed by atoms with Crippen molar-refractivity contribution in [2.75, 3.05) is 66.8 Å². The Morgan fingerprint density at radius 3 is 2.53 bits per heavy atom. The molecule has 114 valence electrons. The summed E-state index contributed by atoms with van der Waals surface area (Å²) < 4.78 is 15.8. The highest BCUT2D eigenvalue weighted by molar-refractivity contribution is 4.77. The van der Waals surface area contributed by atoms with E-state index in [-0.39, 0.29) is 0 Å². The predicted molar refractivity (Wildman–Crippen MR) is 76.7 cm³/mol. The molecule has 19 heavy (non-hydrogen) atoms. The van der Waals surface area contributed by atoms with Crippen molar-refractivity contribution in [1.29, 1.82) is 0 Å². The van der Waals surface area contributed by atoms with E-state index in [1.165, 1.54) is 12.8 Å². The van der Waals surface area contributed by atoms with Gasteiger partial charge in [-0.2, -0.15) is 0 Å². The van der Waals surface area contributed by atoms with Crippen molar-refractivity contribution >= 4 is 0 Å². The normalized spacial score (nSPS) is 19.4. The van der Waals surface area contributed by atoms with Crippen molar-refractivity contribution in [2.45, 2.75) is 25.3 Å². The predicted octanol–water partition coefficient (Wildman–Crippen LogP) is 0.740. The van der Waals surface area contributed by atoms with Gasteiger partial charge in [0.2, 0.25) is 0 Å². The summed E-state index contributed by atoms with van der Waals surface area (Å²) in [6, 6.07) is 0.644. The lowest BCUT2D eigenvalue weighted by Crippen LogP contribution is -2.40. The largest absolute Gasteiger partial charge is 0.385 e. The van der Waals surface area contributed by atoms with Gasteiger partial charge in [0, 0.05) is 53.1 Å². The van der Waals surface area contributed by atoms with E-state index in [4.69, 9.17) is 14.2 Å². The van der Waals surface area contributed by atoms with Gasteiger partial charge < -0.3 is 19.5 Å². The first kappa shape index (κ1) is 16.9. The van der Waals surface area contributed by atoms with Gasteiger partial charge in [0.1, 0.15) is 0 Å². The highest BCUT2D eigenvalue weighted by atomic mass is 16.5. The topological polar surface area (TPSA) is 43.0 Å². The molecule has 0 radical (unpaired) electrons. The van der Waals surface area contributed by atoms with Crippen molar-refractivity contribution in [1.82, 2.24) is 10.2 Å². The lowest BCUT2D eigenvalue weighted by molar-refractivity contribution is 0.0721. The second-order valence-corrected chi connectivity index (χ2v) is 5.05. The molecule has 0 spiro atoms. The minimum atomic E-state index is 0.644. The van der Waals surface area contributed by atoms with Crippen LogP contribution in [0.4, 0.5) is 0 Å². The molecule has 0 saturated carbocycles. The molecule has 1 N–H and O–H groups in total. The number of rotatable bonds is 12. The van der Waals surface area contributed by atoms with Gasteiger partial charge in [0.05, 0.1) is 13.2 Å². The molecule has 1 aliphatic heterocycles. The Kier molecular flexibility index (Phi) is 10.3. The van der Waals surface area contributed by atoms with E-state index in [2.05, 4.69) is 10.2 Å². The van der Waals surface area contributed by atoms with Gasteiger partial charge in [-0.3, -0.25) is 4.90 Å². The molecule has 5 nitrogen and oxygen atoms in total. The molecule has 0 aromatic carbocycles. The van der Waals surface area contributed by atoms with Crippen molar-refractivity contribution in [3.63, 3.8) is 0 Å². The van der Waals surface area contributed by atoms with E-state index in [1.54, 1.807) is 14.2 Å². The molecule has 0 aromatic heterocycles. The quantitative estimate of drug-likeness (QED) is 0.532. The zero-order valence-corrected chi connectivity index (χ0v) is 12.5. The number of hydrogen-bond donors (Lipinski definition) is 1. The van der Waals surface area contributed by atoms with E-state index < -0.39 is 0 Å². The van der Waals surface area contributed by atoms with Crippen LogP contribution in [0.2, 0.25) is 0 Å². The molecule has 0 amide bonds. The molecular formula is C14H30N2O3. The molecule has 0 aromatic rings. The molecule has 1 aliphatic rings. The van der Waals surface area contributed by atoms with E-state index in [9.17, 15) is 0 Å². The number of hydrogen-bond acceptors (Lipinski definition) is 5. The van der Waals surface area contributed by atoms with Crippen LogP contribution < -0.4 is 5.32 Å². The molecular weight excluding hydrogens is 244 g/mol. The van der Waals surface area contributed by atoms with E-state index in [0.717, 1.165) is 59.0 Å². The molecule has 1 fully saturated rings. The van der Waals surface area contributed by atoms with Gasteiger partial charge in [0.25, 0.3) is 0 Å². The molecule has 1 saturated heterocycles. The number of ether oxygens (including phenoxy) is 3. The summed E-state index contributed by atoms with van der Waals surface area (Å²) in [5, 5.41) is 3.54. The maximum absolute atomic E-state index is 5.63. The second kappa shape index (κ2) is 11.6. The Morgan fingerprint density at radius 1 is 1.05 bits per heavy atom. The third-order valence-corrected chi connectivity index (χ3v) is 3.44. The van der Waals surface area contributed by atoms with Crippen LogP contribution in [0.25, 0.3) is 0 Å². The second-order valence-electron chi connectivity index (χ2n) is 5.05. The number of nitrogens with one attached hydrogen (secondary N) is 1. The third kappa shape index (κ3) is 8.55. The molecule has 1 atom stereocenters. The SMILES string of the molecule is COCCCOCCN(CCOC)CC1CCCN1. The van der Waals surface area contributed by atoms with Gasteiger partial charge in [-0.25, -0.2) is 0 Å². The van der Waals surface area contributed by atoms with Crippen molar-refractivity contribution in [3.05, 3.63) is 0 Å². The Bertz CT molecular complexity index is 199. The van der Waals surface area contributed by atoms with Crippen molar-refractivity contribution in [3.8, 4) is 0 Å². The fraction of sp³-hybridized carbons (Fsp3) is 1.00. The molecule has 1 heterocycles. The Labute approximate surface area is 117 Å². The minimum absolute atomic E-state index is 0.644. The van der Waals surface area contributed by atoms with Crippen LogP contribution in [-0.4, -0.2) is 77.8 Å². The maximum Gasteiger partial charge on any atom is 0.0593 e. The summed E-state index contributed by atoms with van der Waals surface area (Å²) >= 11 is 0. The summed E-state index contributed by atoms with van der Waals surface area (Å²) in [4.78, 5) is 2.43. The van der Waals surface area contributed by atoms with Crippen molar-refractivity contribution in [2.24, 2.45) is 0 Å². The van der Waals surface area contributed by atoms with Gasteiger partial charge in [-0.15, -0.1) is 0 Å². The number of methoxy groups -OCH3 is 2. The van der Waals surface area contributed by atoms with Crippen LogP contribution in [-0.2, 0) is 14.2 Å². The third-order valence-electron chi connectivity index (χ3n) is 3.44. The Morgan fingerprint density at radius 2 is 1.84 bits per heavy atom. The average molecular weight is 274 g/mol. The highest BCUT2D eigenvalue weighted by Gasteiger charge is 2.17. The molecule has 1 unspecified atom stereocenters. The van der Waals surface area contributed by atoms with E-state index in [1.807, 2.05) is 0 Å². The standard InChI is InChI=1S/C14H30N2O3/c1-17-9-4-10-19-12-8-16(7-11-18-2)13-14-5-3-6-15-14/h14-15H,3-13H2,1-2H3. The van der Waals surface area contributed by atoms with Gasteiger partial charge >= 0.3 is 0 Å². The average Bonchev–Trinajstić information content (AvgIpc) is 2.92. The Hall–Kier alpha value is -0.200. The number of nitrogens with zero attached hydrogens (tertiary/aromatic N) is 1. The fourth-order valence-electron chi connectivity index (χ4n) is 2.34. The van der Waals surface area contributed by atoms with E-state index >= 15 is 0 Å². The van der Waals surface area contributed by atoms with Crippen LogP contribution in [0.15, 0.2) is 0 Å². The van der Waals surface area contributed by atoms with Gasteiger partial charge in [0.15, 0.2) is 0 Å². The van der Waals surface area contributed by atoms with Crippen molar-refractivity contribution < 1.29 is 14.2 Å². The maximum atomic E-state index is 5.63. The first-order valence-electron chi connectivity index (χ1n) is 7.38. The monoisotopic (exact) mass is 274 g/mol. The zero-order valence-electron chi connectivity index (χ0n) is 12.5. The van der Waals surface area contributed by atoms with Crippen LogP contribution in [0.1, 0.15) is 19.3 Å². The smallest absolute Gasteiger partial charge is 0.0593 e. The van der Waals surface area contributed by atoms with Gasteiger partial charge in [-0.05, 0) is 25.8 Å².